The van der Waals surface area contributed by atoms with E-state index in [4.69, 9.17) is 0 Å². The highest BCUT2D eigenvalue weighted by molar-refractivity contribution is 9.08. The fraction of sp³-hybridized carbons (Fsp3) is 0.615. The molecule has 1 aromatic heterocycles. The lowest BCUT2D eigenvalue weighted by Crippen LogP contribution is -2.30. The summed E-state index contributed by atoms with van der Waals surface area (Å²) >= 11 is 3.37. The molecule has 0 bridgehead atoms. The molecule has 1 aliphatic rings. The molecule has 1 fully saturated rings. The van der Waals surface area contributed by atoms with Gasteiger partial charge in [-0.3, -0.25) is 4.79 Å². The summed E-state index contributed by atoms with van der Waals surface area (Å²) in [6.45, 7) is 6.48. The molecule has 0 radical (unpaired) electrons. The van der Waals surface area contributed by atoms with Gasteiger partial charge in [-0.25, -0.2) is 0 Å². The molecule has 0 amide bonds. The van der Waals surface area contributed by atoms with Crippen molar-refractivity contribution in [3.8, 4) is 0 Å². The highest BCUT2D eigenvalue weighted by atomic mass is 79.9. The molecule has 1 heterocycles. The molecule has 1 aromatic rings. The predicted molar refractivity (Wildman–Crippen MR) is 70.3 cm³/mol. The molecule has 1 aliphatic carbocycles. The maximum Gasteiger partial charge on any atom is 0.255 e. The Hall–Kier alpha value is -0.570. The second-order valence-electron chi connectivity index (χ2n) is 5.53. The summed E-state index contributed by atoms with van der Waals surface area (Å²) in [6.07, 6.45) is 2.30. The van der Waals surface area contributed by atoms with E-state index in [0.717, 1.165) is 24.1 Å². The van der Waals surface area contributed by atoms with Gasteiger partial charge in [0.1, 0.15) is 0 Å². The van der Waals surface area contributed by atoms with Crippen LogP contribution in [0.3, 0.4) is 0 Å². The second-order valence-corrected chi connectivity index (χ2v) is 6.09. The maximum absolute atomic E-state index is 12.3. The lowest BCUT2D eigenvalue weighted by Gasteiger charge is -2.24. The molecule has 0 spiro atoms. The summed E-state index contributed by atoms with van der Waals surface area (Å²) in [7, 11) is 0. The molecule has 2 rings (SSSR count). The Labute approximate surface area is 105 Å². The van der Waals surface area contributed by atoms with E-state index in [1.165, 1.54) is 0 Å². The standard InChI is InChI=1S/C13H18BrNO/c1-13(2,3)11-7-4-9(8-14)12(16)15(11)10-5-6-10/h4,7,10H,5-6,8H2,1-3H3. The average molecular weight is 284 g/mol. The van der Waals surface area contributed by atoms with Gasteiger partial charge in [0.05, 0.1) is 0 Å². The summed E-state index contributed by atoms with van der Waals surface area (Å²) in [4.78, 5) is 12.3. The van der Waals surface area contributed by atoms with Gasteiger partial charge >= 0.3 is 0 Å². The van der Waals surface area contributed by atoms with Gasteiger partial charge in [-0.15, -0.1) is 0 Å². The van der Waals surface area contributed by atoms with E-state index in [0.29, 0.717) is 11.4 Å². The van der Waals surface area contributed by atoms with E-state index in [2.05, 4.69) is 42.8 Å². The van der Waals surface area contributed by atoms with Gasteiger partial charge in [-0.2, -0.15) is 0 Å². The Kier molecular flexibility index (Phi) is 2.99. The van der Waals surface area contributed by atoms with Crippen molar-refractivity contribution in [3.63, 3.8) is 0 Å². The molecule has 0 N–H and O–H groups in total. The van der Waals surface area contributed by atoms with Gasteiger partial charge < -0.3 is 4.57 Å². The average Bonchev–Trinajstić information content (AvgIpc) is 2.99. The van der Waals surface area contributed by atoms with Crippen molar-refractivity contribution in [2.45, 2.75) is 50.4 Å². The molecule has 0 unspecified atom stereocenters. The first-order valence-electron chi connectivity index (χ1n) is 5.76. The molecular weight excluding hydrogens is 266 g/mol. The molecule has 16 heavy (non-hydrogen) atoms. The van der Waals surface area contributed by atoms with Crippen molar-refractivity contribution in [3.05, 3.63) is 33.7 Å². The zero-order chi connectivity index (χ0) is 11.9. The van der Waals surface area contributed by atoms with E-state index in [9.17, 15) is 4.79 Å². The minimum Gasteiger partial charge on any atom is -0.309 e. The van der Waals surface area contributed by atoms with E-state index >= 15 is 0 Å². The van der Waals surface area contributed by atoms with Crippen LogP contribution >= 0.6 is 15.9 Å². The van der Waals surface area contributed by atoms with Gasteiger partial charge in [-0.1, -0.05) is 42.8 Å². The van der Waals surface area contributed by atoms with Crippen molar-refractivity contribution in [2.75, 3.05) is 0 Å². The highest BCUT2D eigenvalue weighted by Gasteiger charge is 2.30. The SMILES string of the molecule is CC(C)(C)c1ccc(CBr)c(=O)n1C1CC1. The fourth-order valence-electron chi connectivity index (χ4n) is 2.00. The smallest absolute Gasteiger partial charge is 0.255 e. The van der Waals surface area contributed by atoms with Crippen LogP contribution in [0.2, 0.25) is 0 Å². The Morgan fingerprint density at radius 2 is 2.00 bits per heavy atom. The highest BCUT2D eigenvalue weighted by Crippen LogP contribution is 2.37. The Balaban J connectivity index is 2.62. The largest absolute Gasteiger partial charge is 0.309 e. The van der Waals surface area contributed by atoms with Crippen LogP contribution in [0, 0.1) is 0 Å². The summed E-state index contributed by atoms with van der Waals surface area (Å²) in [5.41, 5.74) is 2.24. The third-order valence-electron chi connectivity index (χ3n) is 3.02. The number of hydrogen-bond donors (Lipinski definition) is 0. The number of hydrogen-bond acceptors (Lipinski definition) is 1. The zero-order valence-corrected chi connectivity index (χ0v) is 11.7. The van der Waals surface area contributed by atoms with Gasteiger partial charge in [0.15, 0.2) is 0 Å². The first-order chi connectivity index (χ1) is 7.45. The third-order valence-corrected chi connectivity index (χ3v) is 3.62. The number of pyridine rings is 1. The van der Waals surface area contributed by atoms with Crippen LogP contribution in [-0.2, 0) is 10.7 Å². The van der Waals surface area contributed by atoms with Crippen molar-refractivity contribution in [1.29, 1.82) is 0 Å². The Bertz CT molecular complexity index is 452. The van der Waals surface area contributed by atoms with E-state index in [-0.39, 0.29) is 11.0 Å². The van der Waals surface area contributed by atoms with E-state index in [1.807, 2.05) is 10.6 Å². The lowest BCUT2D eigenvalue weighted by molar-refractivity contribution is 0.504. The van der Waals surface area contributed by atoms with Crippen LogP contribution < -0.4 is 5.56 Å². The van der Waals surface area contributed by atoms with Gasteiger partial charge in [0.25, 0.3) is 5.56 Å². The number of alkyl halides is 1. The van der Waals surface area contributed by atoms with Gasteiger partial charge in [-0.05, 0) is 18.9 Å². The van der Waals surface area contributed by atoms with Crippen LogP contribution in [0.4, 0.5) is 0 Å². The number of aromatic nitrogens is 1. The Morgan fingerprint density at radius 1 is 1.38 bits per heavy atom. The minimum absolute atomic E-state index is 0.0343. The molecule has 3 heteroatoms. The number of halogens is 1. The zero-order valence-electron chi connectivity index (χ0n) is 10.1. The van der Waals surface area contributed by atoms with Crippen LogP contribution in [0.15, 0.2) is 16.9 Å². The third kappa shape index (κ3) is 2.10. The second kappa shape index (κ2) is 4.02. The molecule has 0 aromatic carbocycles. The molecule has 1 saturated carbocycles. The van der Waals surface area contributed by atoms with Crippen molar-refractivity contribution < 1.29 is 0 Å². The molecule has 0 saturated heterocycles. The van der Waals surface area contributed by atoms with Crippen LogP contribution in [-0.4, -0.2) is 4.57 Å². The maximum atomic E-state index is 12.3. The first-order valence-corrected chi connectivity index (χ1v) is 6.88. The molecule has 88 valence electrons. The van der Waals surface area contributed by atoms with Crippen molar-refractivity contribution >= 4 is 15.9 Å². The molecule has 0 aliphatic heterocycles. The van der Waals surface area contributed by atoms with Crippen molar-refractivity contribution in [1.82, 2.24) is 4.57 Å². The molecule has 2 nitrogen and oxygen atoms in total. The van der Waals surface area contributed by atoms with Crippen LogP contribution in [0.25, 0.3) is 0 Å². The number of rotatable bonds is 2. The van der Waals surface area contributed by atoms with Gasteiger partial charge in [0.2, 0.25) is 0 Å². The molecular formula is C13H18BrNO. The topological polar surface area (TPSA) is 22.0 Å². The minimum atomic E-state index is 0.0343. The Morgan fingerprint density at radius 3 is 2.44 bits per heavy atom. The summed E-state index contributed by atoms with van der Waals surface area (Å²) in [6, 6.07) is 4.51. The summed E-state index contributed by atoms with van der Waals surface area (Å²) in [5.74, 6) is 0. The lowest BCUT2D eigenvalue weighted by atomic mass is 9.90. The normalized spacial score (nSPS) is 16.5. The fourth-order valence-corrected chi connectivity index (χ4v) is 2.43. The molecule has 0 atom stereocenters. The first kappa shape index (κ1) is 11.9. The quantitative estimate of drug-likeness (QED) is 0.763. The summed E-state index contributed by atoms with van der Waals surface area (Å²) in [5, 5.41) is 0.642. The van der Waals surface area contributed by atoms with E-state index in [1.54, 1.807) is 0 Å². The van der Waals surface area contributed by atoms with Crippen LogP contribution in [0.5, 0.6) is 0 Å². The van der Waals surface area contributed by atoms with Crippen LogP contribution in [0.1, 0.15) is 50.9 Å². The monoisotopic (exact) mass is 283 g/mol. The van der Waals surface area contributed by atoms with Gasteiger partial charge in [0, 0.05) is 28.0 Å². The predicted octanol–water partition coefficient (Wildman–Crippen LogP) is 3.38. The van der Waals surface area contributed by atoms with Crippen molar-refractivity contribution in [2.24, 2.45) is 0 Å². The summed E-state index contributed by atoms with van der Waals surface area (Å²) < 4.78 is 2.01. The number of nitrogens with zero attached hydrogens (tertiary/aromatic N) is 1. The van der Waals surface area contributed by atoms with E-state index < -0.39 is 0 Å².